The molecule has 0 saturated heterocycles. The molecule has 3 rings (SSSR count). The normalized spacial score (nSPS) is 23.7. The maximum Gasteiger partial charge on any atom is 0.240 e. The Morgan fingerprint density at radius 2 is 2.07 bits per heavy atom. The Labute approximate surface area is 160 Å². The Balaban J connectivity index is 1.53. The number of hydrogen-bond donors (Lipinski definition) is 2. The molecule has 1 saturated carbocycles. The van der Waals surface area contributed by atoms with Crippen LogP contribution < -0.4 is 11.1 Å². The van der Waals surface area contributed by atoms with Crippen LogP contribution in [0.3, 0.4) is 0 Å². The number of aryl methyl sites for hydroxylation is 1. The molecule has 0 radical (unpaired) electrons. The van der Waals surface area contributed by atoms with Crippen molar-refractivity contribution in [3.05, 3.63) is 41.8 Å². The molecule has 146 valence electrons. The van der Waals surface area contributed by atoms with Crippen LogP contribution in [-0.4, -0.2) is 35.7 Å². The van der Waals surface area contributed by atoms with E-state index in [-0.39, 0.29) is 17.4 Å². The molecule has 1 aliphatic carbocycles. The summed E-state index contributed by atoms with van der Waals surface area (Å²) in [6.07, 6.45) is 2.79. The van der Waals surface area contributed by atoms with Crippen LogP contribution in [0.4, 0.5) is 0 Å². The van der Waals surface area contributed by atoms with Gasteiger partial charge in [0.05, 0.1) is 11.8 Å². The number of nitrogens with two attached hydrogens (primary N) is 1. The fourth-order valence-corrected chi connectivity index (χ4v) is 3.53. The highest BCUT2D eigenvalue weighted by molar-refractivity contribution is 5.88. The number of rotatable bonds is 7. The molecule has 1 aromatic carbocycles. The van der Waals surface area contributed by atoms with E-state index in [4.69, 9.17) is 14.9 Å². The minimum Gasteiger partial charge on any atom is -0.444 e. The standard InChI is InChI=1S/C21H29N3O3/c1-5-26-17-12-21(22,20(17,3)4)19(25)23-11-10-16-13-27-18(24-16)15-8-6-14(2)7-9-15/h6-9,13,17H,5,10-12,22H2,1-4H3,(H,23,25). The number of carbonyl (C=O) groups excluding carboxylic acids is 1. The first kappa shape index (κ1) is 19.6. The lowest BCUT2D eigenvalue weighted by Crippen LogP contribution is -2.75. The van der Waals surface area contributed by atoms with Crippen molar-refractivity contribution in [1.82, 2.24) is 10.3 Å². The third-order valence-electron chi connectivity index (χ3n) is 5.75. The number of aromatic nitrogens is 1. The predicted octanol–water partition coefficient (Wildman–Crippen LogP) is 2.84. The lowest BCUT2D eigenvalue weighted by molar-refractivity contribution is -0.170. The number of nitrogens with zero attached hydrogens (tertiary/aromatic N) is 1. The molecule has 1 aliphatic rings. The van der Waals surface area contributed by atoms with Crippen molar-refractivity contribution in [3.8, 4) is 11.5 Å². The SMILES string of the molecule is CCOC1CC(N)(C(=O)NCCc2coc(-c3ccc(C)cc3)n2)C1(C)C. The zero-order valence-corrected chi connectivity index (χ0v) is 16.5. The van der Waals surface area contributed by atoms with Gasteiger partial charge in [0.15, 0.2) is 0 Å². The Kier molecular flexibility index (Phi) is 5.40. The Morgan fingerprint density at radius 3 is 2.70 bits per heavy atom. The Bertz CT molecular complexity index is 797. The second kappa shape index (κ2) is 7.44. The number of nitrogens with one attached hydrogen (secondary N) is 1. The van der Waals surface area contributed by atoms with Gasteiger partial charge < -0.3 is 20.2 Å². The van der Waals surface area contributed by atoms with Crippen LogP contribution >= 0.6 is 0 Å². The third kappa shape index (κ3) is 3.64. The topological polar surface area (TPSA) is 90.4 Å². The van der Waals surface area contributed by atoms with Gasteiger partial charge in [0.2, 0.25) is 11.8 Å². The first-order valence-electron chi connectivity index (χ1n) is 9.48. The van der Waals surface area contributed by atoms with E-state index >= 15 is 0 Å². The average molecular weight is 371 g/mol. The van der Waals surface area contributed by atoms with E-state index in [9.17, 15) is 4.79 Å². The fraction of sp³-hybridized carbons (Fsp3) is 0.524. The fourth-order valence-electron chi connectivity index (χ4n) is 3.53. The number of carbonyl (C=O) groups is 1. The smallest absolute Gasteiger partial charge is 0.240 e. The van der Waals surface area contributed by atoms with Crippen molar-refractivity contribution in [2.45, 2.75) is 52.2 Å². The molecule has 1 amide bonds. The molecule has 6 heteroatoms. The molecule has 27 heavy (non-hydrogen) atoms. The molecule has 1 heterocycles. The summed E-state index contributed by atoms with van der Waals surface area (Å²) in [7, 11) is 0. The van der Waals surface area contributed by atoms with Crippen LogP contribution in [0.25, 0.3) is 11.5 Å². The first-order chi connectivity index (χ1) is 12.8. The van der Waals surface area contributed by atoms with Crippen LogP contribution in [0.5, 0.6) is 0 Å². The van der Waals surface area contributed by atoms with Gasteiger partial charge in [-0.2, -0.15) is 0 Å². The van der Waals surface area contributed by atoms with Gasteiger partial charge in [-0.15, -0.1) is 0 Å². The molecule has 0 spiro atoms. The summed E-state index contributed by atoms with van der Waals surface area (Å²) in [6, 6.07) is 8.02. The van der Waals surface area contributed by atoms with E-state index in [2.05, 4.69) is 10.3 Å². The van der Waals surface area contributed by atoms with Gasteiger partial charge in [-0.25, -0.2) is 4.98 Å². The van der Waals surface area contributed by atoms with Gasteiger partial charge in [-0.3, -0.25) is 4.79 Å². The van der Waals surface area contributed by atoms with Gasteiger partial charge in [0, 0.05) is 37.0 Å². The number of ether oxygens (including phenoxy) is 1. The maximum absolute atomic E-state index is 12.6. The second-order valence-electron chi connectivity index (χ2n) is 7.86. The molecule has 6 nitrogen and oxygen atoms in total. The van der Waals surface area contributed by atoms with Crippen molar-refractivity contribution < 1.29 is 13.9 Å². The summed E-state index contributed by atoms with van der Waals surface area (Å²) in [4.78, 5) is 17.1. The van der Waals surface area contributed by atoms with Crippen LogP contribution in [0.2, 0.25) is 0 Å². The summed E-state index contributed by atoms with van der Waals surface area (Å²) < 4.78 is 11.2. The van der Waals surface area contributed by atoms with Gasteiger partial charge in [-0.05, 0) is 26.0 Å². The molecule has 3 N–H and O–H groups in total. The van der Waals surface area contributed by atoms with Crippen molar-refractivity contribution in [1.29, 1.82) is 0 Å². The van der Waals surface area contributed by atoms with Gasteiger partial charge in [0.1, 0.15) is 11.8 Å². The highest BCUT2D eigenvalue weighted by Crippen LogP contribution is 2.49. The zero-order valence-electron chi connectivity index (χ0n) is 16.5. The molecular weight excluding hydrogens is 342 g/mol. The van der Waals surface area contributed by atoms with E-state index in [1.54, 1.807) is 6.26 Å². The lowest BCUT2D eigenvalue weighted by atomic mass is 9.54. The van der Waals surface area contributed by atoms with Crippen molar-refractivity contribution in [2.24, 2.45) is 11.1 Å². The largest absolute Gasteiger partial charge is 0.444 e. The third-order valence-corrected chi connectivity index (χ3v) is 5.75. The molecule has 2 unspecified atom stereocenters. The monoisotopic (exact) mass is 371 g/mol. The molecule has 0 aliphatic heterocycles. The van der Waals surface area contributed by atoms with Gasteiger partial charge >= 0.3 is 0 Å². The summed E-state index contributed by atoms with van der Waals surface area (Å²) in [5.41, 5.74) is 8.03. The zero-order chi connectivity index (χ0) is 19.7. The van der Waals surface area contributed by atoms with Crippen molar-refractivity contribution in [3.63, 3.8) is 0 Å². The predicted molar refractivity (Wildman–Crippen MR) is 104 cm³/mol. The highest BCUT2D eigenvalue weighted by atomic mass is 16.5. The minimum atomic E-state index is -0.899. The number of hydrogen-bond acceptors (Lipinski definition) is 5. The van der Waals surface area contributed by atoms with Crippen LogP contribution in [0, 0.1) is 12.3 Å². The van der Waals surface area contributed by atoms with E-state index in [0.717, 1.165) is 11.3 Å². The molecular formula is C21H29N3O3. The molecule has 1 fully saturated rings. The summed E-state index contributed by atoms with van der Waals surface area (Å²) >= 11 is 0. The van der Waals surface area contributed by atoms with E-state index in [0.29, 0.717) is 31.9 Å². The summed E-state index contributed by atoms with van der Waals surface area (Å²) in [5, 5.41) is 2.95. The van der Waals surface area contributed by atoms with Crippen LogP contribution in [0.15, 0.2) is 34.9 Å². The number of benzene rings is 1. The minimum absolute atomic E-state index is 0.0193. The summed E-state index contributed by atoms with van der Waals surface area (Å²) in [5.74, 6) is 0.456. The molecule has 0 bridgehead atoms. The van der Waals surface area contributed by atoms with E-state index < -0.39 is 5.54 Å². The van der Waals surface area contributed by atoms with Crippen LogP contribution in [0.1, 0.15) is 38.4 Å². The molecule has 2 aromatic rings. The lowest BCUT2D eigenvalue weighted by Gasteiger charge is -2.57. The summed E-state index contributed by atoms with van der Waals surface area (Å²) in [6.45, 7) is 9.06. The van der Waals surface area contributed by atoms with Crippen molar-refractivity contribution >= 4 is 5.91 Å². The first-order valence-corrected chi connectivity index (χ1v) is 9.48. The number of oxazole rings is 1. The van der Waals surface area contributed by atoms with E-state index in [1.165, 1.54) is 5.56 Å². The molecule has 2 atom stereocenters. The van der Waals surface area contributed by atoms with Crippen LogP contribution in [-0.2, 0) is 16.0 Å². The number of amides is 1. The quantitative estimate of drug-likeness (QED) is 0.781. The second-order valence-corrected chi connectivity index (χ2v) is 7.86. The van der Waals surface area contributed by atoms with E-state index in [1.807, 2.05) is 52.0 Å². The Hall–Kier alpha value is -2.18. The van der Waals surface area contributed by atoms with Gasteiger partial charge in [0.25, 0.3) is 0 Å². The van der Waals surface area contributed by atoms with Crippen molar-refractivity contribution in [2.75, 3.05) is 13.2 Å². The Morgan fingerprint density at radius 1 is 1.37 bits per heavy atom. The highest BCUT2D eigenvalue weighted by Gasteiger charge is 2.62. The average Bonchev–Trinajstić information content (AvgIpc) is 3.10. The van der Waals surface area contributed by atoms with Gasteiger partial charge in [-0.1, -0.05) is 31.5 Å². The molecule has 1 aromatic heterocycles. The maximum atomic E-state index is 12.6.